The third-order valence-electron chi connectivity index (χ3n) is 2.64. The minimum atomic E-state index is -0.277. The topological polar surface area (TPSA) is 57.8 Å². The molecule has 1 aromatic carbocycles. The van der Waals surface area contributed by atoms with Gasteiger partial charge < -0.3 is 5.32 Å². The van der Waals surface area contributed by atoms with Gasteiger partial charge in [0.1, 0.15) is 0 Å². The van der Waals surface area contributed by atoms with E-state index < -0.39 is 0 Å². The van der Waals surface area contributed by atoms with Crippen molar-refractivity contribution in [3.63, 3.8) is 0 Å². The minimum absolute atomic E-state index is 0.277. The van der Waals surface area contributed by atoms with Crippen molar-refractivity contribution in [2.75, 3.05) is 5.32 Å². The smallest absolute Gasteiger partial charge is 0.256 e. The Bertz CT molecular complexity index is 608. The van der Waals surface area contributed by atoms with E-state index in [1.807, 2.05) is 13.8 Å². The van der Waals surface area contributed by atoms with Crippen LogP contribution >= 0.6 is 23.2 Å². The molecule has 4 nitrogen and oxygen atoms in total. The van der Waals surface area contributed by atoms with Crippen LogP contribution in [-0.4, -0.2) is 16.1 Å². The largest absolute Gasteiger partial charge is 0.305 e. The summed E-state index contributed by atoms with van der Waals surface area (Å²) >= 11 is 11.7. The molecule has 0 bridgehead atoms. The number of anilines is 1. The van der Waals surface area contributed by atoms with E-state index in [0.29, 0.717) is 27.3 Å². The maximum Gasteiger partial charge on any atom is 0.256 e. The van der Waals surface area contributed by atoms with Crippen LogP contribution in [0.1, 0.15) is 35.8 Å². The Morgan fingerprint density at radius 1 is 1.26 bits per heavy atom. The average molecular weight is 298 g/mol. The first kappa shape index (κ1) is 13.9. The normalized spacial score (nSPS) is 10.8. The van der Waals surface area contributed by atoms with Crippen molar-refractivity contribution in [1.29, 1.82) is 0 Å². The molecule has 1 heterocycles. The number of aromatic nitrogens is 2. The van der Waals surface area contributed by atoms with Gasteiger partial charge in [0.05, 0.1) is 10.0 Å². The predicted octanol–water partition coefficient (Wildman–Crippen LogP) is 4.09. The Morgan fingerprint density at radius 3 is 2.58 bits per heavy atom. The number of hydrogen-bond acceptors (Lipinski definition) is 2. The van der Waals surface area contributed by atoms with Gasteiger partial charge in [-0.2, -0.15) is 5.10 Å². The summed E-state index contributed by atoms with van der Waals surface area (Å²) < 4.78 is 0. The molecule has 0 radical (unpaired) electrons. The van der Waals surface area contributed by atoms with Gasteiger partial charge in [-0.1, -0.05) is 37.0 Å². The molecule has 0 aliphatic heterocycles. The van der Waals surface area contributed by atoms with Crippen LogP contribution in [-0.2, 0) is 0 Å². The molecule has 1 aromatic heterocycles. The van der Waals surface area contributed by atoms with Gasteiger partial charge in [-0.05, 0) is 24.1 Å². The Labute approximate surface area is 121 Å². The molecule has 6 heteroatoms. The number of rotatable bonds is 3. The van der Waals surface area contributed by atoms with Crippen molar-refractivity contribution in [2.24, 2.45) is 0 Å². The Hall–Kier alpha value is -1.52. The number of H-pyrrole nitrogens is 1. The van der Waals surface area contributed by atoms with Crippen LogP contribution in [0.4, 0.5) is 5.82 Å². The molecule has 0 aliphatic rings. The van der Waals surface area contributed by atoms with E-state index in [2.05, 4.69) is 15.5 Å². The van der Waals surface area contributed by atoms with Crippen molar-refractivity contribution in [1.82, 2.24) is 10.2 Å². The van der Waals surface area contributed by atoms with Crippen molar-refractivity contribution in [3.8, 4) is 0 Å². The van der Waals surface area contributed by atoms with Crippen molar-refractivity contribution >= 4 is 34.9 Å². The third kappa shape index (κ3) is 3.28. The summed E-state index contributed by atoms with van der Waals surface area (Å²) in [5, 5.41) is 10.4. The van der Waals surface area contributed by atoms with E-state index in [0.717, 1.165) is 5.69 Å². The molecular formula is C13H13Cl2N3O. The lowest BCUT2D eigenvalue weighted by Gasteiger charge is -2.03. The zero-order valence-corrected chi connectivity index (χ0v) is 12.0. The second kappa shape index (κ2) is 5.63. The number of carbonyl (C=O) groups excluding carboxylic acids is 1. The molecular weight excluding hydrogens is 285 g/mol. The summed E-state index contributed by atoms with van der Waals surface area (Å²) in [4.78, 5) is 12.0. The zero-order valence-electron chi connectivity index (χ0n) is 10.5. The van der Waals surface area contributed by atoms with Gasteiger partial charge in [0.2, 0.25) is 0 Å². The molecule has 0 saturated carbocycles. The highest BCUT2D eigenvalue weighted by Crippen LogP contribution is 2.23. The van der Waals surface area contributed by atoms with Gasteiger partial charge in [-0.25, -0.2) is 0 Å². The Morgan fingerprint density at radius 2 is 2.00 bits per heavy atom. The van der Waals surface area contributed by atoms with E-state index in [9.17, 15) is 4.79 Å². The molecule has 0 aliphatic carbocycles. The molecule has 2 N–H and O–H groups in total. The number of amides is 1. The molecule has 0 fully saturated rings. The van der Waals surface area contributed by atoms with Crippen LogP contribution in [0.5, 0.6) is 0 Å². The number of halogens is 2. The Balaban J connectivity index is 2.13. The van der Waals surface area contributed by atoms with Gasteiger partial charge in [0.25, 0.3) is 5.91 Å². The van der Waals surface area contributed by atoms with Crippen molar-refractivity contribution in [3.05, 3.63) is 45.6 Å². The second-order valence-corrected chi connectivity index (χ2v) is 5.26. The number of hydrogen-bond donors (Lipinski definition) is 2. The fraction of sp³-hybridized carbons (Fsp3) is 0.231. The lowest BCUT2D eigenvalue weighted by Crippen LogP contribution is -2.12. The number of benzene rings is 1. The van der Waals surface area contributed by atoms with Gasteiger partial charge in [-0.15, -0.1) is 0 Å². The Kier molecular flexibility index (Phi) is 4.12. The van der Waals surface area contributed by atoms with Crippen LogP contribution in [0, 0.1) is 0 Å². The first-order chi connectivity index (χ1) is 8.97. The molecule has 19 heavy (non-hydrogen) atoms. The first-order valence-electron chi connectivity index (χ1n) is 5.79. The minimum Gasteiger partial charge on any atom is -0.305 e. The maximum atomic E-state index is 12.0. The fourth-order valence-corrected chi connectivity index (χ4v) is 1.82. The number of aromatic amines is 1. The van der Waals surface area contributed by atoms with Gasteiger partial charge in [0.15, 0.2) is 5.82 Å². The van der Waals surface area contributed by atoms with E-state index in [1.54, 1.807) is 18.2 Å². The van der Waals surface area contributed by atoms with Crippen molar-refractivity contribution < 1.29 is 4.79 Å². The molecule has 100 valence electrons. The quantitative estimate of drug-likeness (QED) is 0.896. The summed E-state index contributed by atoms with van der Waals surface area (Å²) in [6, 6.07) is 6.53. The van der Waals surface area contributed by atoms with Gasteiger partial charge >= 0.3 is 0 Å². The highest BCUT2D eigenvalue weighted by atomic mass is 35.5. The first-order valence-corrected chi connectivity index (χ1v) is 6.54. The number of nitrogens with zero attached hydrogens (tertiary/aromatic N) is 1. The summed E-state index contributed by atoms with van der Waals surface area (Å²) in [6.07, 6.45) is 0. The second-order valence-electron chi connectivity index (χ2n) is 4.45. The van der Waals surface area contributed by atoms with Crippen LogP contribution in [0.3, 0.4) is 0 Å². The number of nitrogens with one attached hydrogen (secondary N) is 2. The molecule has 0 spiro atoms. The molecule has 0 saturated heterocycles. The van der Waals surface area contributed by atoms with Crippen LogP contribution in [0.25, 0.3) is 0 Å². The molecule has 2 rings (SSSR count). The summed E-state index contributed by atoms with van der Waals surface area (Å²) in [6.45, 7) is 4.08. The van der Waals surface area contributed by atoms with Gasteiger partial charge in [-0.3, -0.25) is 9.89 Å². The molecule has 2 aromatic rings. The third-order valence-corrected chi connectivity index (χ3v) is 3.38. The standard InChI is InChI=1S/C13H13Cl2N3O/c1-7(2)11-6-12(18-17-11)16-13(19)8-3-4-9(14)10(15)5-8/h3-7H,1-2H3,(H2,16,17,18,19). The zero-order chi connectivity index (χ0) is 14.0. The van der Waals surface area contributed by atoms with Crippen molar-refractivity contribution in [2.45, 2.75) is 19.8 Å². The maximum absolute atomic E-state index is 12.0. The van der Waals surface area contributed by atoms with Gasteiger partial charge in [0, 0.05) is 17.3 Å². The molecule has 0 unspecified atom stereocenters. The molecule has 0 atom stereocenters. The summed E-state index contributed by atoms with van der Waals surface area (Å²) in [7, 11) is 0. The van der Waals surface area contributed by atoms with E-state index in [-0.39, 0.29) is 5.91 Å². The lowest BCUT2D eigenvalue weighted by molar-refractivity contribution is 0.102. The lowest BCUT2D eigenvalue weighted by atomic mass is 10.1. The summed E-state index contributed by atoms with van der Waals surface area (Å²) in [5.74, 6) is 0.531. The highest BCUT2D eigenvalue weighted by Gasteiger charge is 2.11. The van der Waals surface area contributed by atoms with E-state index >= 15 is 0 Å². The van der Waals surface area contributed by atoms with Crippen LogP contribution < -0.4 is 5.32 Å². The van der Waals surface area contributed by atoms with Crippen LogP contribution in [0.15, 0.2) is 24.3 Å². The highest BCUT2D eigenvalue weighted by molar-refractivity contribution is 6.42. The van der Waals surface area contributed by atoms with E-state index in [4.69, 9.17) is 23.2 Å². The summed E-state index contributed by atoms with van der Waals surface area (Å²) in [5.41, 5.74) is 1.40. The average Bonchev–Trinajstić information content (AvgIpc) is 2.81. The fourth-order valence-electron chi connectivity index (χ4n) is 1.52. The number of carbonyl (C=O) groups is 1. The van der Waals surface area contributed by atoms with E-state index in [1.165, 1.54) is 6.07 Å². The SMILES string of the molecule is CC(C)c1cc(NC(=O)c2ccc(Cl)c(Cl)c2)n[nH]1. The monoisotopic (exact) mass is 297 g/mol. The molecule has 1 amide bonds. The van der Waals surface area contributed by atoms with Crippen LogP contribution in [0.2, 0.25) is 10.0 Å². The predicted molar refractivity (Wildman–Crippen MR) is 77.1 cm³/mol.